The normalized spacial score (nSPS) is 22.1. The predicted molar refractivity (Wildman–Crippen MR) is 134 cm³/mol. The first-order chi connectivity index (χ1) is 17.3. The van der Waals surface area contributed by atoms with Gasteiger partial charge < -0.3 is 24.6 Å². The predicted octanol–water partition coefficient (Wildman–Crippen LogP) is 4.99. The number of ether oxygens (including phenoxy) is 3. The highest BCUT2D eigenvalue weighted by Crippen LogP contribution is 2.45. The quantitative estimate of drug-likeness (QED) is 0.509. The maximum Gasteiger partial charge on any atom is 0.335 e. The summed E-state index contributed by atoms with van der Waals surface area (Å²) in [4.78, 5) is 25.3. The highest BCUT2D eigenvalue weighted by molar-refractivity contribution is 5.90. The number of amides is 1. The highest BCUT2D eigenvalue weighted by Gasteiger charge is 2.43. The van der Waals surface area contributed by atoms with Crippen LogP contribution >= 0.6 is 0 Å². The summed E-state index contributed by atoms with van der Waals surface area (Å²) in [6.07, 6.45) is 1.56. The van der Waals surface area contributed by atoms with E-state index in [1.54, 1.807) is 38.5 Å². The largest absolute Gasteiger partial charge is 0.497 e. The second-order valence-corrected chi connectivity index (χ2v) is 9.56. The molecule has 1 aliphatic heterocycles. The van der Waals surface area contributed by atoms with E-state index in [4.69, 9.17) is 14.2 Å². The number of aromatic carboxylic acids is 1. The summed E-state index contributed by atoms with van der Waals surface area (Å²) >= 11 is 0. The standard InChI is InChI=1S/C29H29NO6/c1-29(12-11-17-14-20(34-2)8-10-23(17)29)28(33)30-24-16-25(18-5-4-6-19(13-18)27(31)32)36-26-15-21(35-3)7-9-22(24)26/h4-10,13-15,24-25H,11-12,16H2,1-3H3,(H,30,33)(H,31,32)/t24-,25-,29+/m1/s1. The van der Waals surface area contributed by atoms with Crippen LogP contribution in [-0.4, -0.2) is 31.2 Å². The lowest BCUT2D eigenvalue weighted by Crippen LogP contribution is -2.44. The number of carbonyl (C=O) groups is 2. The van der Waals surface area contributed by atoms with Crippen molar-refractivity contribution in [3.05, 3.63) is 88.5 Å². The van der Waals surface area contributed by atoms with Crippen molar-refractivity contribution in [3.63, 3.8) is 0 Å². The van der Waals surface area contributed by atoms with Crippen molar-refractivity contribution in [1.29, 1.82) is 0 Å². The summed E-state index contributed by atoms with van der Waals surface area (Å²) in [7, 11) is 3.23. The molecule has 0 radical (unpaired) electrons. The zero-order valence-corrected chi connectivity index (χ0v) is 20.5. The van der Waals surface area contributed by atoms with Gasteiger partial charge in [0.2, 0.25) is 5.91 Å². The summed E-state index contributed by atoms with van der Waals surface area (Å²) in [6, 6.07) is 17.9. The van der Waals surface area contributed by atoms with Crippen LogP contribution in [0.2, 0.25) is 0 Å². The van der Waals surface area contributed by atoms with E-state index in [9.17, 15) is 14.7 Å². The zero-order valence-electron chi connectivity index (χ0n) is 20.5. The fourth-order valence-electron chi connectivity index (χ4n) is 5.30. The maximum absolute atomic E-state index is 13.8. The Morgan fingerprint density at radius 2 is 1.78 bits per heavy atom. The number of benzene rings is 3. The van der Waals surface area contributed by atoms with Crippen molar-refractivity contribution in [3.8, 4) is 17.2 Å². The molecular formula is C29H29NO6. The lowest BCUT2D eigenvalue weighted by Gasteiger charge is -2.35. The molecule has 1 heterocycles. The van der Waals surface area contributed by atoms with Crippen LogP contribution < -0.4 is 19.5 Å². The van der Waals surface area contributed by atoms with E-state index < -0.39 is 17.5 Å². The fourth-order valence-corrected chi connectivity index (χ4v) is 5.30. The molecule has 3 aromatic rings. The van der Waals surface area contributed by atoms with Gasteiger partial charge in [-0.3, -0.25) is 4.79 Å². The van der Waals surface area contributed by atoms with Gasteiger partial charge in [-0.25, -0.2) is 4.79 Å². The molecule has 3 atom stereocenters. The molecule has 5 rings (SSSR count). The third kappa shape index (κ3) is 4.15. The van der Waals surface area contributed by atoms with Gasteiger partial charge in [-0.05, 0) is 72.9 Å². The van der Waals surface area contributed by atoms with E-state index in [2.05, 4.69) is 5.32 Å². The minimum Gasteiger partial charge on any atom is -0.497 e. The Morgan fingerprint density at radius 3 is 2.53 bits per heavy atom. The van der Waals surface area contributed by atoms with Gasteiger partial charge in [0, 0.05) is 18.1 Å². The van der Waals surface area contributed by atoms with Crippen LogP contribution in [0.4, 0.5) is 0 Å². The molecule has 0 saturated carbocycles. The van der Waals surface area contributed by atoms with Crippen LogP contribution in [0.15, 0.2) is 60.7 Å². The average molecular weight is 488 g/mol. The van der Waals surface area contributed by atoms with E-state index in [0.717, 1.165) is 34.4 Å². The third-order valence-corrected chi connectivity index (χ3v) is 7.43. The van der Waals surface area contributed by atoms with Crippen LogP contribution in [0, 0.1) is 0 Å². The van der Waals surface area contributed by atoms with Gasteiger partial charge in [0.25, 0.3) is 0 Å². The lowest BCUT2D eigenvalue weighted by molar-refractivity contribution is -0.127. The fraction of sp³-hybridized carbons (Fsp3) is 0.310. The number of rotatable bonds is 6. The minimum atomic E-state index is -0.996. The van der Waals surface area contributed by atoms with Crippen molar-refractivity contribution in [2.45, 2.75) is 43.7 Å². The number of carbonyl (C=O) groups excluding carboxylic acids is 1. The van der Waals surface area contributed by atoms with Crippen LogP contribution in [0.5, 0.6) is 17.2 Å². The highest BCUT2D eigenvalue weighted by atomic mass is 16.5. The Labute approximate surface area is 210 Å². The van der Waals surface area contributed by atoms with Crippen LogP contribution in [0.1, 0.15) is 64.5 Å². The van der Waals surface area contributed by atoms with Crippen LogP contribution in [-0.2, 0) is 16.6 Å². The van der Waals surface area contributed by atoms with Crippen molar-refractivity contribution in [2.24, 2.45) is 0 Å². The lowest BCUT2D eigenvalue weighted by atomic mass is 9.82. The molecule has 1 aliphatic carbocycles. The van der Waals surface area contributed by atoms with Gasteiger partial charge in [0.1, 0.15) is 23.4 Å². The van der Waals surface area contributed by atoms with E-state index >= 15 is 0 Å². The second-order valence-electron chi connectivity index (χ2n) is 9.56. The Bertz CT molecular complexity index is 1340. The summed E-state index contributed by atoms with van der Waals surface area (Å²) < 4.78 is 17.1. The van der Waals surface area contributed by atoms with E-state index in [1.165, 1.54) is 0 Å². The number of fused-ring (bicyclic) bond motifs is 2. The Balaban J connectivity index is 1.47. The van der Waals surface area contributed by atoms with Crippen molar-refractivity contribution < 1.29 is 28.9 Å². The minimum absolute atomic E-state index is 0.0434. The summed E-state index contributed by atoms with van der Waals surface area (Å²) in [6.45, 7) is 1.99. The van der Waals surface area contributed by atoms with Crippen molar-refractivity contribution in [2.75, 3.05) is 14.2 Å². The smallest absolute Gasteiger partial charge is 0.335 e. The van der Waals surface area contributed by atoms with E-state index in [-0.39, 0.29) is 17.5 Å². The average Bonchev–Trinajstić information content (AvgIpc) is 3.25. The molecule has 0 aromatic heterocycles. The number of hydrogen-bond acceptors (Lipinski definition) is 5. The first-order valence-corrected chi connectivity index (χ1v) is 12.0. The number of hydrogen-bond donors (Lipinski definition) is 2. The van der Waals surface area contributed by atoms with Gasteiger partial charge in [0.15, 0.2) is 0 Å². The molecule has 0 fully saturated rings. The summed E-state index contributed by atoms with van der Waals surface area (Å²) in [5, 5.41) is 12.7. The molecule has 7 nitrogen and oxygen atoms in total. The zero-order chi connectivity index (χ0) is 25.4. The van der Waals surface area contributed by atoms with Gasteiger partial charge in [-0.2, -0.15) is 0 Å². The van der Waals surface area contributed by atoms with Crippen LogP contribution in [0.25, 0.3) is 0 Å². The van der Waals surface area contributed by atoms with Crippen molar-refractivity contribution >= 4 is 11.9 Å². The monoisotopic (exact) mass is 487 g/mol. The number of carboxylic acid groups (broad SMARTS) is 1. The first-order valence-electron chi connectivity index (χ1n) is 12.0. The molecule has 0 saturated heterocycles. The van der Waals surface area contributed by atoms with Crippen LogP contribution in [0.3, 0.4) is 0 Å². The Morgan fingerprint density at radius 1 is 1.03 bits per heavy atom. The van der Waals surface area contributed by atoms with Gasteiger partial charge >= 0.3 is 5.97 Å². The molecule has 0 spiro atoms. The first kappa shape index (κ1) is 23.7. The number of carboxylic acids is 1. The number of methoxy groups -OCH3 is 2. The SMILES string of the molecule is COc1ccc2c(c1)CC[C@]2(C)C(=O)N[C@@H]1C[C@H](c2cccc(C(=O)O)c2)Oc2cc(OC)ccc21. The van der Waals surface area contributed by atoms with Gasteiger partial charge in [-0.15, -0.1) is 0 Å². The van der Waals surface area contributed by atoms with E-state index in [1.807, 2.05) is 43.3 Å². The topological polar surface area (TPSA) is 94.1 Å². The molecule has 186 valence electrons. The maximum atomic E-state index is 13.8. The molecule has 2 aliphatic rings. The molecule has 7 heteroatoms. The Kier molecular flexibility index (Phi) is 6.08. The third-order valence-electron chi connectivity index (χ3n) is 7.43. The number of aryl methyl sites for hydroxylation is 1. The molecule has 2 N–H and O–H groups in total. The molecule has 36 heavy (non-hydrogen) atoms. The summed E-state index contributed by atoms with van der Waals surface area (Å²) in [5.74, 6) is 1.00. The molecule has 3 aromatic carbocycles. The molecular weight excluding hydrogens is 458 g/mol. The Hall–Kier alpha value is -4.00. The van der Waals surface area contributed by atoms with Gasteiger partial charge in [-0.1, -0.05) is 18.2 Å². The summed E-state index contributed by atoms with van der Waals surface area (Å²) in [5.41, 5.74) is 3.30. The van der Waals surface area contributed by atoms with Crippen molar-refractivity contribution in [1.82, 2.24) is 5.32 Å². The molecule has 1 amide bonds. The number of nitrogens with one attached hydrogen (secondary N) is 1. The van der Waals surface area contributed by atoms with E-state index in [0.29, 0.717) is 24.3 Å². The molecule has 0 bridgehead atoms. The second kappa shape index (κ2) is 9.22. The molecule has 0 unspecified atom stereocenters. The van der Waals surface area contributed by atoms with Gasteiger partial charge in [0.05, 0.1) is 31.2 Å².